The van der Waals surface area contributed by atoms with Crippen molar-refractivity contribution in [2.45, 2.75) is 32.1 Å². The molecular weight excluding hydrogens is 434 g/mol. The molecule has 0 aromatic heterocycles. The Morgan fingerprint density at radius 3 is 2.69 bits per heavy atom. The molecule has 0 amide bonds. The zero-order valence-corrected chi connectivity index (χ0v) is 20.8. The van der Waals surface area contributed by atoms with Crippen LogP contribution < -0.4 is 10.2 Å². The minimum Gasteiger partial charge on any atom is -0.466 e. The van der Waals surface area contributed by atoms with E-state index in [0.717, 1.165) is 35.0 Å². The number of rotatable bonds is 6. The molecule has 1 atom stereocenters. The predicted octanol–water partition coefficient (Wildman–Crippen LogP) is 6.13. The first kappa shape index (κ1) is 22.9. The second-order valence-corrected chi connectivity index (χ2v) is 9.47. The van der Waals surface area contributed by atoms with E-state index in [0.29, 0.717) is 6.61 Å². The number of fused-ring (bicyclic) bond motifs is 4. The predicted molar refractivity (Wildman–Crippen MR) is 144 cm³/mol. The van der Waals surface area contributed by atoms with Crippen LogP contribution in [-0.2, 0) is 14.9 Å². The Bertz CT molecular complexity index is 1400. The number of allylic oxidation sites excluding steroid dienone is 3. The normalized spacial score (nSPS) is 20.0. The van der Waals surface area contributed by atoms with E-state index < -0.39 is 5.41 Å². The van der Waals surface area contributed by atoms with Gasteiger partial charge < -0.3 is 15.0 Å². The average Bonchev–Trinajstić information content (AvgIpc) is 3.29. The van der Waals surface area contributed by atoms with Crippen LogP contribution in [0.15, 0.2) is 84.7 Å². The molecule has 0 saturated heterocycles. The first-order valence-corrected chi connectivity index (χ1v) is 12.2. The molecule has 0 fully saturated rings. The largest absolute Gasteiger partial charge is 0.466 e. The highest BCUT2D eigenvalue weighted by Crippen LogP contribution is 2.46. The number of esters is 1. The molecule has 5 nitrogen and oxygen atoms in total. The molecule has 0 saturated carbocycles. The van der Waals surface area contributed by atoms with Gasteiger partial charge in [0.1, 0.15) is 12.9 Å². The minimum atomic E-state index is -0.511. The van der Waals surface area contributed by atoms with Crippen LogP contribution in [0.25, 0.3) is 10.8 Å². The Morgan fingerprint density at radius 2 is 1.89 bits per heavy atom. The van der Waals surface area contributed by atoms with Crippen molar-refractivity contribution in [1.82, 2.24) is 0 Å². The standard InChI is InChI=1S/C30H31N3O2/c1-5-19-35-28(34)20-30(2)26(15-10-16-27-31-23-13-8-9-14-24(23)33(27)4)32(3)25-18-17-21-11-6-7-12-22(21)29(25)30/h6-18H,5,19-20H2,1-4H3/p+1. The Morgan fingerprint density at radius 1 is 1.11 bits per heavy atom. The van der Waals surface area contributed by atoms with Gasteiger partial charge >= 0.3 is 5.97 Å². The number of ether oxygens (including phenoxy) is 1. The van der Waals surface area contributed by atoms with Crippen LogP contribution in [0.1, 0.15) is 32.3 Å². The summed E-state index contributed by atoms with van der Waals surface area (Å²) < 4.78 is 7.75. The van der Waals surface area contributed by atoms with Crippen molar-refractivity contribution in [3.63, 3.8) is 0 Å². The number of para-hydroxylation sites is 2. The maximum atomic E-state index is 12.9. The van der Waals surface area contributed by atoms with Gasteiger partial charge in [0.25, 0.3) is 0 Å². The Kier molecular flexibility index (Phi) is 5.93. The van der Waals surface area contributed by atoms with Gasteiger partial charge in [-0.3, -0.25) is 4.79 Å². The van der Waals surface area contributed by atoms with Crippen LogP contribution in [0.5, 0.6) is 0 Å². The third-order valence-electron chi connectivity index (χ3n) is 7.11. The van der Waals surface area contributed by atoms with Crippen LogP contribution in [0, 0.1) is 0 Å². The summed E-state index contributed by atoms with van der Waals surface area (Å²) in [5.41, 5.74) is 5.13. The fraction of sp³-hybridized carbons (Fsp3) is 0.267. The van der Waals surface area contributed by atoms with E-state index in [1.165, 1.54) is 16.3 Å². The lowest BCUT2D eigenvalue weighted by Gasteiger charge is -2.22. The average molecular weight is 467 g/mol. The van der Waals surface area contributed by atoms with Crippen LogP contribution in [-0.4, -0.2) is 37.0 Å². The number of nitrogens with zero attached hydrogens (tertiary/aromatic N) is 2. The zero-order valence-electron chi connectivity index (χ0n) is 20.8. The maximum Gasteiger partial charge on any atom is 0.307 e. The number of hydrogen-bond donors (Lipinski definition) is 1. The fourth-order valence-electron chi connectivity index (χ4n) is 5.38. The monoisotopic (exact) mass is 466 g/mol. The van der Waals surface area contributed by atoms with E-state index in [4.69, 9.17) is 4.74 Å². The molecule has 1 unspecified atom stereocenters. The first-order chi connectivity index (χ1) is 16.9. The van der Waals surface area contributed by atoms with Crippen molar-refractivity contribution in [1.29, 1.82) is 0 Å². The van der Waals surface area contributed by atoms with E-state index in [1.807, 2.05) is 19.1 Å². The second-order valence-electron chi connectivity index (χ2n) is 9.47. The summed E-state index contributed by atoms with van der Waals surface area (Å²) >= 11 is 0. The maximum absolute atomic E-state index is 12.9. The Labute approximate surface area is 207 Å². The van der Waals surface area contributed by atoms with Gasteiger partial charge in [0.05, 0.1) is 29.8 Å². The van der Waals surface area contributed by atoms with Crippen molar-refractivity contribution < 1.29 is 14.1 Å². The molecule has 35 heavy (non-hydrogen) atoms. The van der Waals surface area contributed by atoms with Crippen molar-refractivity contribution in [2.24, 2.45) is 0 Å². The third kappa shape index (κ3) is 3.91. The fourth-order valence-corrected chi connectivity index (χ4v) is 5.38. The summed E-state index contributed by atoms with van der Waals surface area (Å²) in [6.45, 7) is 4.63. The summed E-state index contributed by atoms with van der Waals surface area (Å²) in [4.78, 5) is 15.1. The van der Waals surface area contributed by atoms with Crippen LogP contribution in [0.3, 0.4) is 0 Å². The van der Waals surface area contributed by atoms with Crippen molar-refractivity contribution in [3.05, 3.63) is 90.3 Å². The Hall–Kier alpha value is -3.86. The van der Waals surface area contributed by atoms with E-state index in [-0.39, 0.29) is 12.4 Å². The summed E-state index contributed by atoms with van der Waals surface area (Å²) in [6.07, 6.45) is 7.39. The molecule has 0 bridgehead atoms. The third-order valence-corrected chi connectivity index (χ3v) is 7.11. The molecule has 1 N–H and O–H groups in total. The highest BCUT2D eigenvalue weighted by molar-refractivity contribution is 6.09. The van der Waals surface area contributed by atoms with Gasteiger partial charge in [-0.25, -0.2) is 0 Å². The van der Waals surface area contributed by atoms with Gasteiger partial charge in [-0.15, -0.1) is 0 Å². The summed E-state index contributed by atoms with van der Waals surface area (Å²) in [7, 11) is 4.14. The highest BCUT2D eigenvalue weighted by atomic mass is 16.5. The lowest BCUT2D eigenvalue weighted by Crippen LogP contribution is -2.34. The summed E-state index contributed by atoms with van der Waals surface area (Å²) in [6, 6.07) is 21.0. The lowest BCUT2D eigenvalue weighted by atomic mass is 9.74. The molecular formula is C30H32N3O2+. The topological polar surface area (TPSA) is 44.6 Å². The van der Waals surface area contributed by atoms with Gasteiger partial charge in [0.15, 0.2) is 5.71 Å². The number of anilines is 2. The molecule has 0 radical (unpaired) electrons. The van der Waals surface area contributed by atoms with Crippen molar-refractivity contribution >= 4 is 39.5 Å². The van der Waals surface area contributed by atoms with Crippen molar-refractivity contribution in [2.75, 3.05) is 30.9 Å². The van der Waals surface area contributed by atoms with E-state index in [1.54, 1.807) is 0 Å². The molecule has 0 aliphatic carbocycles. The quantitative estimate of drug-likeness (QED) is 0.351. The summed E-state index contributed by atoms with van der Waals surface area (Å²) in [5.74, 6) is 0.844. The van der Waals surface area contributed by atoms with Gasteiger partial charge in [0.2, 0.25) is 5.69 Å². The van der Waals surface area contributed by atoms with Crippen molar-refractivity contribution in [3.8, 4) is 0 Å². The van der Waals surface area contributed by atoms with Gasteiger partial charge in [-0.2, -0.15) is 4.58 Å². The zero-order chi connectivity index (χ0) is 24.6. The molecule has 2 aliphatic heterocycles. The van der Waals surface area contributed by atoms with Crippen LogP contribution in [0.2, 0.25) is 0 Å². The molecule has 178 valence electrons. The number of carbonyl (C=O) groups is 1. The van der Waals surface area contributed by atoms with E-state index >= 15 is 0 Å². The van der Waals surface area contributed by atoms with E-state index in [9.17, 15) is 4.79 Å². The highest BCUT2D eigenvalue weighted by Gasteiger charge is 2.49. The molecule has 2 heterocycles. The van der Waals surface area contributed by atoms with Gasteiger partial charge in [-0.05, 0) is 48.4 Å². The van der Waals surface area contributed by atoms with Gasteiger partial charge in [0, 0.05) is 24.8 Å². The van der Waals surface area contributed by atoms with E-state index in [2.05, 4.69) is 103 Å². The number of carbonyl (C=O) groups excluding carboxylic acids is 1. The molecule has 2 aliphatic rings. The molecule has 5 heteroatoms. The molecule has 3 aromatic rings. The molecule has 3 aromatic carbocycles. The lowest BCUT2D eigenvalue weighted by molar-refractivity contribution is -0.401. The van der Waals surface area contributed by atoms with Gasteiger partial charge in [-0.1, -0.05) is 49.4 Å². The summed E-state index contributed by atoms with van der Waals surface area (Å²) in [5, 5.41) is 5.83. The molecule has 5 rings (SSSR count). The molecule has 0 spiro atoms. The minimum absolute atomic E-state index is 0.166. The number of hydrogen-bond acceptors (Lipinski definition) is 4. The Balaban J connectivity index is 1.54. The first-order valence-electron chi connectivity index (χ1n) is 12.2. The van der Waals surface area contributed by atoms with Crippen LogP contribution in [0.4, 0.5) is 17.1 Å². The smallest absolute Gasteiger partial charge is 0.307 e. The second kappa shape index (κ2) is 9.06. The van der Waals surface area contributed by atoms with Crippen LogP contribution >= 0.6 is 0 Å². The number of nitrogens with one attached hydrogen (secondary N) is 1. The number of benzene rings is 3. The SMILES string of the molecule is CCCOC(=O)CC1(C)C(/C=C/C=C2\Nc3ccccc3N2C)=[N+](C)c2ccc3ccccc3c21.